The quantitative estimate of drug-likeness (QED) is 0.189. The van der Waals surface area contributed by atoms with Crippen LogP contribution in [-0.4, -0.2) is 0 Å². The molecule has 0 nitrogen and oxygen atoms in total. The molecule has 0 heteroatoms. The number of hydrogen-bond donors (Lipinski definition) is 0. The van der Waals surface area contributed by atoms with Crippen LogP contribution in [0.5, 0.6) is 0 Å². The van der Waals surface area contributed by atoms with E-state index in [4.69, 9.17) is 0 Å². The summed E-state index contributed by atoms with van der Waals surface area (Å²) in [6.45, 7) is 0. The number of rotatable bonds is 5. The number of hydrogen-bond acceptors (Lipinski definition) is 0. The highest BCUT2D eigenvalue weighted by Crippen LogP contribution is 2.61. The van der Waals surface area contributed by atoms with Crippen LogP contribution in [0.25, 0.3) is 88.7 Å². The van der Waals surface area contributed by atoms with Gasteiger partial charge < -0.3 is 0 Å². The van der Waals surface area contributed by atoms with Crippen LogP contribution < -0.4 is 0 Å². The molecule has 8 aromatic carbocycles. The van der Waals surface area contributed by atoms with E-state index in [-0.39, 0.29) is 0 Å². The molecule has 0 spiro atoms. The molecule has 0 atom stereocenters. The van der Waals surface area contributed by atoms with Crippen LogP contribution in [0.15, 0.2) is 182 Å². The van der Waals surface area contributed by atoms with Gasteiger partial charge in [0.25, 0.3) is 0 Å². The standard InChI is InChI=1S/C46H30/c1-6-17-31(18-7-1)36-29-30-39-44-37(36)27-16-28-38(44)45-42(34-23-12-4-13-24-34)40(32-19-8-2-9-20-32)41(33-21-10-3-11-22-33)43(46(39)45)35-25-14-5-15-26-35/h1-30H. The van der Waals surface area contributed by atoms with Crippen LogP contribution in [0.1, 0.15) is 0 Å². The third kappa shape index (κ3) is 4.08. The van der Waals surface area contributed by atoms with Crippen molar-refractivity contribution in [2.75, 3.05) is 0 Å². The van der Waals surface area contributed by atoms with Gasteiger partial charge in [0.05, 0.1) is 0 Å². The fraction of sp³-hybridized carbons (Fsp3) is 0. The molecule has 0 saturated carbocycles. The molecular weight excluding hydrogens is 553 g/mol. The lowest BCUT2D eigenvalue weighted by Crippen LogP contribution is -1.99. The van der Waals surface area contributed by atoms with Crippen molar-refractivity contribution in [1.82, 2.24) is 0 Å². The third-order valence-corrected chi connectivity index (χ3v) is 9.41. The highest BCUT2D eigenvalue weighted by atomic mass is 14.4. The van der Waals surface area contributed by atoms with Crippen LogP contribution in [0.2, 0.25) is 0 Å². The maximum Gasteiger partial charge on any atom is -0.000718 e. The molecule has 0 aliphatic heterocycles. The number of fused-ring (bicyclic) bond motifs is 3. The maximum absolute atomic E-state index is 2.37. The summed E-state index contributed by atoms with van der Waals surface area (Å²) in [7, 11) is 0. The fourth-order valence-electron chi connectivity index (χ4n) is 7.56. The van der Waals surface area contributed by atoms with Gasteiger partial charge in [-0.15, -0.1) is 0 Å². The second kappa shape index (κ2) is 10.9. The molecule has 1 aliphatic carbocycles. The Hall–Kier alpha value is -5.98. The van der Waals surface area contributed by atoms with Crippen LogP contribution in [0, 0.1) is 0 Å². The molecule has 0 unspecified atom stereocenters. The second-order valence-electron chi connectivity index (χ2n) is 12.0. The molecule has 0 amide bonds. The summed E-state index contributed by atoms with van der Waals surface area (Å²) in [5.74, 6) is 0. The predicted molar refractivity (Wildman–Crippen MR) is 196 cm³/mol. The van der Waals surface area contributed by atoms with Gasteiger partial charge in [-0.1, -0.05) is 182 Å². The Morgan fingerprint density at radius 3 is 0.935 bits per heavy atom. The van der Waals surface area contributed by atoms with Crippen molar-refractivity contribution in [2.24, 2.45) is 0 Å². The summed E-state index contributed by atoms with van der Waals surface area (Å²) in [5, 5.41) is 2.62. The van der Waals surface area contributed by atoms with Crippen LogP contribution in [-0.2, 0) is 0 Å². The molecule has 214 valence electrons. The van der Waals surface area contributed by atoms with Crippen molar-refractivity contribution in [3.8, 4) is 77.9 Å². The lowest BCUT2D eigenvalue weighted by molar-refractivity contribution is 1.54. The SMILES string of the molecule is c1ccc(-c2c(-c3ccccc3)c(-c3ccccc3)c3c(c2-c2ccccc2)-c2cccc4c(-c5ccccc5)ccc-3c24)cc1. The highest BCUT2D eigenvalue weighted by molar-refractivity contribution is 6.27. The van der Waals surface area contributed by atoms with Crippen molar-refractivity contribution in [3.05, 3.63) is 182 Å². The zero-order chi connectivity index (χ0) is 30.5. The van der Waals surface area contributed by atoms with Gasteiger partial charge in [0.15, 0.2) is 0 Å². The number of benzene rings is 8. The van der Waals surface area contributed by atoms with E-state index >= 15 is 0 Å². The monoisotopic (exact) mass is 582 g/mol. The predicted octanol–water partition coefficient (Wildman–Crippen LogP) is 12.8. The molecule has 8 aromatic rings. The minimum Gasteiger partial charge on any atom is -0.0622 e. The molecule has 46 heavy (non-hydrogen) atoms. The van der Waals surface area contributed by atoms with Gasteiger partial charge in [-0.2, -0.15) is 0 Å². The van der Waals surface area contributed by atoms with Crippen LogP contribution >= 0.6 is 0 Å². The van der Waals surface area contributed by atoms with Gasteiger partial charge in [0.1, 0.15) is 0 Å². The van der Waals surface area contributed by atoms with E-state index in [1.165, 1.54) is 88.7 Å². The van der Waals surface area contributed by atoms with E-state index < -0.39 is 0 Å². The lowest BCUT2D eigenvalue weighted by atomic mass is 9.76. The Morgan fingerprint density at radius 2 is 0.522 bits per heavy atom. The second-order valence-corrected chi connectivity index (χ2v) is 12.0. The van der Waals surface area contributed by atoms with E-state index in [0.717, 1.165) is 0 Å². The Kier molecular flexibility index (Phi) is 6.25. The van der Waals surface area contributed by atoms with Crippen molar-refractivity contribution < 1.29 is 0 Å². The van der Waals surface area contributed by atoms with Crippen molar-refractivity contribution >= 4 is 10.8 Å². The van der Waals surface area contributed by atoms with Gasteiger partial charge >= 0.3 is 0 Å². The van der Waals surface area contributed by atoms with Gasteiger partial charge in [-0.25, -0.2) is 0 Å². The molecule has 0 fully saturated rings. The van der Waals surface area contributed by atoms with E-state index in [1.54, 1.807) is 0 Å². The zero-order valence-electron chi connectivity index (χ0n) is 25.3. The average Bonchev–Trinajstić information content (AvgIpc) is 3.47. The first-order valence-corrected chi connectivity index (χ1v) is 16.0. The van der Waals surface area contributed by atoms with Crippen molar-refractivity contribution in [3.63, 3.8) is 0 Å². The maximum atomic E-state index is 2.37. The zero-order valence-corrected chi connectivity index (χ0v) is 25.3. The largest absolute Gasteiger partial charge is 0.0622 e. The molecule has 9 rings (SSSR count). The van der Waals surface area contributed by atoms with E-state index in [9.17, 15) is 0 Å². The molecule has 0 aromatic heterocycles. The Morgan fingerprint density at radius 1 is 0.196 bits per heavy atom. The molecular formula is C46H30. The summed E-state index contributed by atoms with van der Waals surface area (Å²) in [4.78, 5) is 0. The Bertz CT molecular complexity index is 2240. The topological polar surface area (TPSA) is 0 Å². The minimum absolute atomic E-state index is 1.22. The first-order chi connectivity index (χ1) is 22.9. The van der Waals surface area contributed by atoms with Crippen molar-refractivity contribution in [1.29, 1.82) is 0 Å². The van der Waals surface area contributed by atoms with Gasteiger partial charge in [0, 0.05) is 0 Å². The summed E-state index contributed by atoms with van der Waals surface area (Å²) in [6, 6.07) is 66.3. The summed E-state index contributed by atoms with van der Waals surface area (Å²) in [5.41, 5.74) is 17.7. The third-order valence-electron chi connectivity index (χ3n) is 9.41. The molecule has 0 N–H and O–H groups in total. The normalized spacial score (nSPS) is 11.5. The lowest BCUT2D eigenvalue weighted by Gasteiger charge is -2.26. The molecule has 0 saturated heterocycles. The smallest absolute Gasteiger partial charge is 0.000718 e. The Labute approximate surface area is 269 Å². The van der Waals surface area contributed by atoms with Gasteiger partial charge in [-0.05, 0) is 88.7 Å². The summed E-state index contributed by atoms with van der Waals surface area (Å²) >= 11 is 0. The minimum atomic E-state index is 1.22. The first kappa shape index (κ1) is 26.4. The van der Waals surface area contributed by atoms with E-state index in [1.807, 2.05) is 0 Å². The summed E-state index contributed by atoms with van der Waals surface area (Å²) in [6.07, 6.45) is 0. The van der Waals surface area contributed by atoms with E-state index in [2.05, 4.69) is 182 Å². The summed E-state index contributed by atoms with van der Waals surface area (Å²) < 4.78 is 0. The Balaban J connectivity index is 1.54. The first-order valence-electron chi connectivity index (χ1n) is 16.0. The average molecular weight is 583 g/mol. The molecule has 0 bridgehead atoms. The van der Waals surface area contributed by atoms with E-state index in [0.29, 0.717) is 0 Å². The van der Waals surface area contributed by atoms with Gasteiger partial charge in [-0.3, -0.25) is 0 Å². The van der Waals surface area contributed by atoms with Crippen molar-refractivity contribution in [2.45, 2.75) is 0 Å². The molecule has 0 heterocycles. The highest BCUT2D eigenvalue weighted by Gasteiger charge is 2.34. The molecule has 0 radical (unpaired) electrons. The van der Waals surface area contributed by atoms with Crippen LogP contribution in [0.3, 0.4) is 0 Å². The van der Waals surface area contributed by atoms with Crippen LogP contribution in [0.4, 0.5) is 0 Å². The molecule has 1 aliphatic rings. The fourth-order valence-corrected chi connectivity index (χ4v) is 7.56. The van der Waals surface area contributed by atoms with Gasteiger partial charge in [0.2, 0.25) is 0 Å².